The first-order valence-corrected chi connectivity index (χ1v) is 18.7. The molecule has 0 saturated carbocycles. The van der Waals surface area contributed by atoms with Gasteiger partial charge in [0, 0.05) is 21.1 Å². The van der Waals surface area contributed by atoms with E-state index in [4.69, 9.17) is 66.2 Å². The first-order valence-electron chi connectivity index (χ1n) is 11.4. The first-order chi connectivity index (χ1) is 14.2. The van der Waals surface area contributed by atoms with E-state index in [1.165, 1.54) is 51.4 Å². The summed E-state index contributed by atoms with van der Waals surface area (Å²) in [5, 5.41) is 0. The maximum absolute atomic E-state index is 5.43. The van der Waals surface area contributed by atoms with Crippen LogP contribution in [0, 0.1) is 0 Å². The van der Waals surface area contributed by atoms with Crippen LogP contribution < -0.4 is 0 Å². The Morgan fingerprint density at radius 2 is 0.667 bits per heavy atom. The van der Waals surface area contributed by atoms with Crippen LogP contribution in [0.4, 0.5) is 0 Å². The molecule has 0 spiro atoms. The zero-order chi connectivity index (χ0) is 23.1. The van der Waals surface area contributed by atoms with Crippen LogP contribution in [0.15, 0.2) is 0 Å². The summed E-state index contributed by atoms with van der Waals surface area (Å²) in [6.07, 6.45) is 13.5. The average Bonchev–Trinajstić information content (AvgIpc) is 2.70. The van der Waals surface area contributed by atoms with Gasteiger partial charge in [-0.3, -0.25) is 0 Å². The molecule has 0 rings (SSSR count). The van der Waals surface area contributed by atoms with Crippen LogP contribution >= 0.6 is 11.4 Å². The topological polar surface area (TPSA) is 36.9 Å². The van der Waals surface area contributed by atoms with Gasteiger partial charge in [0.15, 0.2) is 0 Å². The van der Waals surface area contributed by atoms with Crippen molar-refractivity contribution >= 4 is 86.5 Å². The molecule has 0 aliphatic rings. The van der Waals surface area contributed by atoms with E-state index in [1.807, 2.05) is 0 Å². The van der Waals surface area contributed by atoms with E-state index in [9.17, 15) is 0 Å². The molecule has 0 atom stereocenters. The van der Waals surface area contributed by atoms with Gasteiger partial charge in [-0.15, -0.1) is 0 Å². The molecule has 4 nitrogen and oxygen atoms in total. The van der Waals surface area contributed by atoms with Crippen molar-refractivity contribution in [3.05, 3.63) is 0 Å². The Morgan fingerprint density at radius 3 is 0.818 bits per heavy atom. The van der Waals surface area contributed by atoms with Crippen LogP contribution in [0.5, 0.6) is 0 Å². The summed E-state index contributed by atoms with van der Waals surface area (Å²) in [7, 11) is 0. The van der Waals surface area contributed by atoms with Crippen molar-refractivity contribution in [2.24, 2.45) is 0 Å². The van der Waals surface area contributed by atoms with Crippen molar-refractivity contribution in [2.75, 3.05) is 26.4 Å². The summed E-state index contributed by atoms with van der Waals surface area (Å²) in [6.45, 7) is 11.3. The molecule has 0 N–H and O–H groups in total. The molecule has 0 bridgehead atoms. The van der Waals surface area contributed by atoms with Gasteiger partial charge < -0.3 is 69.6 Å². The van der Waals surface area contributed by atoms with Gasteiger partial charge in [0.05, 0.1) is 37.8 Å². The molecular formula is C20H44MoO4P2S6-6. The van der Waals surface area contributed by atoms with Gasteiger partial charge >= 0.3 is 0 Å². The monoisotopic (exact) mass is 700 g/mol. The number of unbranched alkanes of at least 4 members (excludes halogenated alkanes) is 8. The van der Waals surface area contributed by atoms with Gasteiger partial charge in [0.25, 0.3) is 0 Å². The van der Waals surface area contributed by atoms with Gasteiger partial charge in [-0.2, -0.15) is 0 Å². The molecule has 0 fully saturated rings. The van der Waals surface area contributed by atoms with Crippen LogP contribution in [-0.2, 0) is 114 Å². The second-order valence-corrected chi connectivity index (χ2v) is 17.0. The third-order valence-electron chi connectivity index (χ3n) is 3.99. The Labute approximate surface area is 254 Å². The van der Waals surface area contributed by atoms with Gasteiger partial charge in [-0.1, -0.05) is 103 Å². The maximum Gasteiger partial charge on any atom is 0.0563 e. The smallest absolute Gasteiger partial charge is 0.0563 e. The summed E-state index contributed by atoms with van der Waals surface area (Å²) in [5.74, 6) is 0. The van der Waals surface area contributed by atoms with Gasteiger partial charge in [0.2, 0.25) is 0 Å². The van der Waals surface area contributed by atoms with Crippen LogP contribution in [0.1, 0.15) is 105 Å². The molecule has 0 aliphatic heterocycles. The quantitative estimate of drug-likeness (QED) is 0.0544. The Kier molecular flexibility index (Phi) is 46.5. The normalized spacial score (nSPS) is 10.8. The van der Waals surface area contributed by atoms with Crippen molar-refractivity contribution in [1.82, 2.24) is 0 Å². The fraction of sp³-hybridized carbons (Fsp3) is 1.00. The van der Waals surface area contributed by atoms with E-state index in [-0.39, 0.29) is 48.1 Å². The Hall–Kier alpha value is 3.23. The number of hydrogen-bond donors (Lipinski definition) is 0. The third kappa shape index (κ3) is 39.9. The minimum absolute atomic E-state index is 0. The Balaban J connectivity index is -0.000000145. The fourth-order valence-electron chi connectivity index (χ4n) is 2.19. The minimum Gasteiger partial charge on any atom is -2.00 e. The Morgan fingerprint density at radius 1 is 0.485 bits per heavy atom. The number of rotatable bonds is 20. The first kappa shape index (κ1) is 46.1. The van der Waals surface area contributed by atoms with E-state index in [0.717, 1.165) is 25.7 Å². The molecule has 0 aromatic heterocycles. The predicted molar refractivity (Wildman–Crippen MR) is 160 cm³/mol. The van der Waals surface area contributed by atoms with Crippen molar-refractivity contribution in [1.29, 1.82) is 0 Å². The zero-order valence-corrected chi connectivity index (χ0v) is 29.4. The minimum atomic E-state index is -2.36. The summed E-state index contributed by atoms with van der Waals surface area (Å²) in [4.78, 5) is 0. The molecule has 0 aromatic carbocycles. The zero-order valence-electron chi connectivity index (χ0n) is 20.7. The van der Waals surface area contributed by atoms with Crippen LogP contribution in [0.3, 0.4) is 0 Å². The summed E-state index contributed by atoms with van der Waals surface area (Å²) < 4.78 is 21.7. The van der Waals surface area contributed by atoms with Crippen molar-refractivity contribution < 1.29 is 39.2 Å². The fourth-order valence-corrected chi connectivity index (χ4v) is 5.54. The van der Waals surface area contributed by atoms with Gasteiger partial charge in [0.1, 0.15) is 0 Å². The molecule has 0 heterocycles. The van der Waals surface area contributed by atoms with Gasteiger partial charge in [-0.25, -0.2) is 0 Å². The molecule has 13 heteroatoms. The molecular weight excluding hydrogens is 655 g/mol. The van der Waals surface area contributed by atoms with Crippen LogP contribution in [0.25, 0.3) is 0 Å². The SMILES string of the molecule is CCCCCOP(=S)([S-])OCCCCC.CCCCCOP(=S)([S-])OCCCCC.[Mo].[S-2].[S-2]. The molecule has 0 radical (unpaired) electrons. The van der Waals surface area contributed by atoms with E-state index in [1.54, 1.807) is 0 Å². The predicted octanol–water partition coefficient (Wildman–Crippen LogP) is 8.34. The molecule has 0 aliphatic carbocycles. The molecule has 206 valence electrons. The molecule has 33 heavy (non-hydrogen) atoms. The summed E-state index contributed by atoms with van der Waals surface area (Å²) in [5.41, 5.74) is -4.71. The maximum atomic E-state index is 5.43. The standard InChI is InChI=1S/2C10H23O2PS2.Mo.2S/c2*1-3-5-7-9-11-13(14,15)12-10-8-6-4-2;;;/h2*3-10H2,1-2H3,(H,14,15);;;/q;;;2*-2/p-2. The Bertz CT molecular complexity index is 396. The van der Waals surface area contributed by atoms with E-state index < -0.39 is 11.4 Å². The third-order valence-corrected chi connectivity index (χ3v) is 8.51. The molecule has 0 aromatic rings. The summed E-state index contributed by atoms with van der Waals surface area (Å²) in [6, 6.07) is 0. The molecule has 0 amide bonds. The van der Waals surface area contributed by atoms with Crippen molar-refractivity contribution in [3.8, 4) is 0 Å². The van der Waals surface area contributed by atoms with E-state index in [2.05, 4.69) is 27.7 Å². The second-order valence-electron chi connectivity index (χ2n) is 7.06. The van der Waals surface area contributed by atoms with Crippen LogP contribution in [-0.4, -0.2) is 26.4 Å². The molecule has 0 unspecified atom stereocenters. The molecule has 0 saturated heterocycles. The van der Waals surface area contributed by atoms with E-state index in [0.29, 0.717) is 26.4 Å². The van der Waals surface area contributed by atoms with E-state index >= 15 is 0 Å². The number of hydrogen-bond acceptors (Lipinski definition) is 8. The summed E-state index contributed by atoms with van der Waals surface area (Å²) >= 11 is 20.5. The van der Waals surface area contributed by atoms with Gasteiger partial charge in [-0.05, 0) is 25.7 Å². The largest absolute Gasteiger partial charge is 2.00 e. The average molecular weight is 699 g/mol. The second kappa shape index (κ2) is 33.3. The van der Waals surface area contributed by atoms with Crippen molar-refractivity contribution in [3.63, 3.8) is 0 Å². The van der Waals surface area contributed by atoms with Crippen molar-refractivity contribution in [2.45, 2.75) is 105 Å². The van der Waals surface area contributed by atoms with Crippen LogP contribution in [0.2, 0.25) is 0 Å².